The van der Waals surface area contributed by atoms with Crippen molar-refractivity contribution in [1.29, 1.82) is 0 Å². The minimum absolute atomic E-state index is 0.177. The molecule has 8 heteroatoms. The summed E-state index contributed by atoms with van der Waals surface area (Å²) >= 11 is 4.92. The number of hydrogen-bond acceptors (Lipinski definition) is 6. The number of carbonyl (C=O) groups excluding carboxylic acids is 1. The van der Waals surface area contributed by atoms with E-state index in [1.54, 1.807) is 12.4 Å². The van der Waals surface area contributed by atoms with Crippen molar-refractivity contribution in [3.8, 4) is 0 Å². The predicted molar refractivity (Wildman–Crippen MR) is 74.9 cm³/mol. The van der Waals surface area contributed by atoms with E-state index in [9.17, 15) is 4.79 Å². The summed E-state index contributed by atoms with van der Waals surface area (Å²) in [6, 6.07) is -0.186. The molecule has 1 amide bonds. The van der Waals surface area contributed by atoms with Gasteiger partial charge in [-0.2, -0.15) is 0 Å². The zero-order valence-electron chi connectivity index (χ0n) is 9.98. The summed E-state index contributed by atoms with van der Waals surface area (Å²) in [5.41, 5.74) is 10.0. The van der Waals surface area contributed by atoms with Crippen molar-refractivity contribution in [2.24, 2.45) is 0 Å². The summed E-state index contributed by atoms with van der Waals surface area (Å²) in [5.74, 6) is 0.0192. The highest BCUT2D eigenvalue weighted by atomic mass is 79.9. The summed E-state index contributed by atoms with van der Waals surface area (Å²) in [4.78, 5) is 24.6. The van der Waals surface area contributed by atoms with E-state index in [0.717, 1.165) is 9.48 Å². The molecule has 0 radical (unpaired) electrons. The molecule has 6 nitrogen and oxygen atoms in total. The number of hydrogen-bond donors (Lipinski definition) is 2. The van der Waals surface area contributed by atoms with Gasteiger partial charge in [-0.25, -0.2) is 15.0 Å². The molecule has 0 saturated carbocycles. The number of nitrogens with zero attached hydrogens (tertiary/aromatic N) is 3. The van der Waals surface area contributed by atoms with Crippen molar-refractivity contribution in [2.75, 3.05) is 5.73 Å². The fourth-order valence-electron chi connectivity index (χ4n) is 2.21. The zero-order chi connectivity index (χ0) is 13.6. The number of carbonyl (C=O) groups is 1. The van der Waals surface area contributed by atoms with Crippen LogP contribution in [0.4, 0.5) is 5.95 Å². The fraction of sp³-hybridized carbons (Fsp3) is 0.273. The van der Waals surface area contributed by atoms with E-state index in [0.29, 0.717) is 23.4 Å². The number of amides is 1. The van der Waals surface area contributed by atoms with Crippen molar-refractivity contribution < 1.29 is 4.79 Å². The van der Waals surface area contributed by atoms with Gasteiger partial charge in [-0.1, -0.05) is 0 Å². The van der Waals surface area contributed by atoms with E-state index in [-0.39, 0.29) is 17.9 Å². The third-order valence-corrected chi connectivity index (χ3v) is 4.59. The van der Waals surface area contributed by atoms with Gasteiger partial charge in [-0.3, -0.25) is 4.79 Å². The molecule has 1 aliphatic heterocycles. The first-order chi connectivity index (χ1) is 9.06. The van der Waals surface area contributed by atoms with E-state index in [2.05, 4.69) is 36.2 Å². The van der Waals surface area contributed by atoms with Crippen LogP contribution in [0.3, 0.4) is 0 Å². The van der Waals surface area contributed by atoms with E-state index < -0.39 is 0 Å². The van der Waals surface area contributed by atoms with Crippen LogP contribution in [0.1, 0.15) is 33.5 Å². The third kappa shape index (κ3) is 2.10. The summed E-state index contributed by atoms with van der Waals surface area (Å²) in [5, 5.41) is 2.93. The van der Waals surface area contributed by atoms with Crippen LogP contribution < -0.4 is 11.1 Å². The molecule has 98 valence electrons. The van der Waals surface area contributed by atoms with Crippen molar-refractivity contribution in [1.82, 2.24) is 20.3 Å². The molecule has 1 atom stereocenters. The fourth-order valence-corrected chi connectivity index (χ4v) is 3.41. The van der Waals surface area contributed by atoms with E-state index in [1.807, 2.05) is 0 Å². The Labute approximate surface area is 121 Å². The highest BCUT2D eigenvalue weighted by Crippen LogP contribution is 2.31. The molecule has 1 aliphatic rings. The van der Waals surface area contributed by atoms with Gasteiger partial charge in [0, 0.05) is 6.42 Å². The van der Waals surface area contributed by atoms with Gasteiger partial charge in [0.15, 0.2) is 0 Å². The molecule has 0 fully saturated rings. The molecule has 0 spiro atoms. The van der Waals surface area contributed by atoms with Crippen LogP contribution in [0.2, 0.25) is 0 Å². The van der Waals surface area contributed by atoms with Crippen LogP contribution in [-0.4, -0.2) is 20.9 Å². The maximum absolute atomic E-state index is 12.2. The van der Waals surface area contributed by atoms with Crippen LogP contribution in [-0.2, 0) is 6.42 Å². The van der Waals surface area contributed by atoms with Crippen molar-refractivity contribution in [2.45, 2.75) is 19.4 Å². The van der Waals surface area contributed by atoms with Gasteiger partial charge >= 0.3 is 0 Å². The van der Waals surface area contributed by atoms with Crippen LogP contribution in [0.5, 0.6) is 0 Å². The van der Waals surface area contributed by atoms with E-state index in [4.69, 9.17) is 5.73 Å². The Hall–Kier alpha value is -1.54. The number of rotatable bonds is 1. The summed E-state index contributed by atoms with van der Waals surface area (Å²) in [7, 11) is 0. The Morgan fingerprint density at radius 1 is 1.53 bits per heavy atom. The van der Waals surface area contributed by atoms with Gasteiger partial charge < -0.3 is 11.1 Å². The Kier molecular flexibility index (Phi) is 2.98. The van der Waals surface area contributed by atoms with Crippen molar-refractivity contribution in [3.05, 3.63) is 31.9 Å². The number of thiazole rings is 1. The van der Waals surface area contributed by atoms with Gasteiger partial charge in [0.25, 0.3) is 5.91 Å². The second-order valence-corrected chi connectivity index (χ2v) is 6.40. The topological polar surface area (TPSA) is 93.8 Å². The number of anilines is 1. The zero-order valence-corrected chi connectivity index (χ0v) is 12.4. The average molecular weight is 340 g/mol. The smallest absolute Gasteiger partial charge is 0.255 e. The van der Waals surface area contributed by atoms with Crippen LogP contribution in [0.15, 0.2) is 9.30 Å². The monoisotopic (exact) mass is 339 g/mol. The molecule has 2 aromatic rings. The second kappa shape index (κ2) is 4.53. The highest BCUT2D eigenvalue weighted by Gasteiger charge is 2.31. The molecule has 0 aromatic carbocycles. The lowest BCUT2D eigenvalue weighted by Crippen LogP contribution is -2.37. The number of nitrogens with two attached hydrogens (primary N) is 1. The SMILES string of the molecule is Cc1nc(N)nc2c1C(=O)NC(c1ncsc1Br)C2. The quantitative estimate of drug-likeness (QED) is 0.823. The number of nitrogens with one attached hydrogen (secondary N) is 1. The molecule has 19 heavy (non-hydrogen) atoms. The van der Waals surface area contributed by atoms with Crippen molar-refractivity contribution in [3.63, 3.8) is 0 Å². The molecule has 3 rings (SSSR count). The standard InChI is InChI=1S/C11H10BrN5OS/c1-4-7-5(17-11(13)15-4)2-6(16-10(7)18)8-9(12)19-3-14-8/h3,6H,2H2,1H3,(H,16,18)(H2,13,15,17). The molecular formula is C11H10BrN5OS. The normalized spacial score (nSPS) is 18.0. The molecule has 0 saturated heterocycles. The van der Waals surface area contributed by atoms with Crippen LogP contribution in [0.25, 0.3) is 0 Å². The average Bonchev–Trinajstić information content (AvgIpc) is 2.73. The summed E-state index contributed by atoms with van der Waals surface area (Å²) in [6.07, 6.45) is 0.566. The summed E-state index contributed by atoms with van der Waals surface area (Å²) < 4.78 is 0.917. The molecule has 0 aliphatic carbocycles. The lowest BCUT2D eigenvalue weighted by atomic mass is 9.98. The van der Waals surface area contributed by atoms with E-state index in [1.165, 1.54) is 11.3 Å². The predicted octanol–water partition coefficient (Wildman–Crippen LogP) is 1.61. The van der Waals surface area contributed by atoms with Gasteiger partial charge in [0.2, 0.25) is 5.95 Å². The maximum atomic E-state index is 12.2. The number of aryl methyl sites for hydroxylation is 1. The van der Waals surface area contributed by atoms with Gasteiger partial charge in [-0.05, 0) is 22.9 Å². The van der Waals surface area contributed by atoms with Crippen LogP contribution >= 0.6 is 27.3 Å². The molecular weight excluding hydrogens is 330 g/mol. The number of nitrogen functional groups attached to an aromatic ring is 1. The molecule has 0 bridgehead atoms. The Morgan fingerprint density at radius 3 is 3.00 bits per heavy atom. The minimum Gasteiger partial charge on any atom is -0.368 e. The molecule has 1 unspecified atom stereocenters. The molecule has 3 N–H and O–H groups in total. The number of halogens is 1. The largest absolute Gasteiger partial charge is 0.368 e. The Morgan fingerprint density at radius 2 is 2.32 bits per heavy atom. The number of fused-ring (bicyclic) bond motifs is 1. The highest BCUT2D eigenvalue weighted by molar-refractivity contribution is 9.11. The summed E-state index contributed by atoms with van der Waals surface area (Å²) in [6.45, 7) is 1.76. The first kappa shape index (κ1) is 12.5. The second-order valence-electron chi connectivity index (χ2n) is 4.23. The maximum Gasteiger partial charge on any atom is 0.255 e. The van der Waals surface area contributed by atoms with Crippen LogP contribution in [0, 0.1) is 6.92 Å². The van der Waals surface area contributed by atoms with Gasteiger partial charge in [0.05, 0.1) is 38.0 Å². The lowest BCUT2D eigenvalue weighted by molar-refractivity contribution is 0.0921. The number of aromatic nitrogens is 3. The third-order valence-electron chi connectivity index (χ3n) is 2.99. The first-order valence-electron chi connectivity index (χ1n) is 5.59. The first-order valence-corrected chi connectivity index (χ1v) is 7.26. The lowest BCUT2D eigenvalue weighted by Gasteiger charge is -2.24. The van der Waals surface area contributed by atoms with Crippen molar-refractivity contribution >= 4 is 39.1 Å². The van der Waals surface area contributed by atoms with Gasteiger partial charge in [0.1, 0.15) is 0 Å². The molecule has 3 heterocycles. The Bertz CT molecular complexity index is 671. The molecule has 2 aromatic heterocycles. The van der Waals surface area contributed by atoms with E-state index >= 15 is 0 Å². The minimum atomic E-state index is -0.186. The Balaban J connectivity index is 2.05. The van der Waals surface area contributed by atoms with Gasteiger partial charge in [-0.15, -0.1) is 11.3 Å².